The number of rotatable bonds is 8. The second-order valence-electron chi connectivity index (χ2n) is 9.24. The van der Waals surface area contributed by atoms with Gasteiger partial charge in [0.25, 0.3) is 5.91 Å². The summed E-state index contributed by atoms with van der Waals surface area (Å²) in [6, 6.07) is 15.5. The highest BCUT2D eigenvalue weighted by atomic mass is 16.5. The van der Waals surface area contributed by atoms with Crippen molar-refractivity contribution in [2.24, 2.45) is 0 Å². The zero-order valence-corrected chi connectivity index (χ0v) is 19.0. The summed E-state index contributed by atoms with van der Waals surface area (Å²) in [4.78, 5) is 16.9. The molecule has 0 atom stereocenters. The van der Waals surface area contributed by atoms with E-state index in [4.69, 9.17) is 14.0 Å². The van der Waals surface area contributed by atoms with Gasteiger partial charge in [-0.05, 0) is 57.9 Å². The molecule has 1 aliphatic carbocycles. The Hall–Kier alpha value is -3.35. The average molecular weight is 436 g/mol. The van der Waals surface area contributed by atoms with Gasteiger partial charge in [0, 0.05) is 5.54 Å². The maximum Gasteiger partial charge on any atom is 0.258 e. The van der Waals surface area contributed by atoms with Gasteiger partial charge >= 0.3 is 0 Å². The Morgan fingerprint density at radius 2 is 1.53 bits per heavy atom. The maximum absolute atomic E-state index is 12.4. The van der Waals surface area contributed by atoms with Crippen molar-refractivity contribution in [2.75, 3.05) is 6.61 Å². The number of hydrogen-bond acceptors (Lipinski definition) is 6. The van der Waals surface area contributed by atoms with Gasteiger partial charge in [-0.15, -0.1) is 0 Å². The summed E-state index contributed by atoms with van der Waals surface area (Å²) >= 11 is 0. The predicted octanol–water partition coefficient (Wildman–Crippen LogP) is 4.27. The van der Waals surface area contributed by atoms with Crippen LogP contribution in [0, 0.1) is 13.8 Å². The molecule has 3 aromatic rings. The Labute approximate surface area is 188 Å². The number of carbonyl (C=O) groups excluding carboxylic acids is 1. The second kappa shape index (κ2) is 8.65. The number of aromatic nitrogens is 2. The quantitative estimate of drug-likeness (QED) is 0.569. The lowest BCUT2D eigenvalue weighted by atomic mass is 9.59. The van der Waals surface area contributed by atoms with Crippen LogP contribution in [0.1, 0.15) is 49.5 Å². The van der Waals surface area contributed by atoms with Crippen molar-refractivity contribution in [1.82, 2.24) is 15.5 Å². The minimum Gasteiger partial charge on any atom is -0.485 e. The van der Waals surface area contributed by atoms with E-state index in [0.717, 1.165) is 11.3 Å². The van der Waals surface area contributed by atoms with E-state index in [9.17, 15) is 4.79 Å². The molecule has 1 amide bonds. The van der Waals surface area contributed by atoms with Crippen molar-refractivity contribution in [1.29, 1.82) is 0 Å². The van der Waals surface area contributed by atoms with Gasteiger partial charge in [-0.25, -0.2) is 0 Å². The van der Waals surface area contributed by atoms with Gasteiger partial charge in [-0.1, -0.05) is 47.5 Å². The Morgan fingerprint density at radius 3 is 2.12 bits per heavy atom. The predicted molar refractivity (Wildman–Crippen MR) is 120 cm³/mol. The SMILES string of the molecule is Cc1ccc(OCC(=O)NC2(C)CC(C)(c3nc(COc4ccc(C)cc4)no3)C2)cc1. The molecule has 0 radical (unpaired) electrons. The minimum absolute atomic E-state index is 0.0174. The van der Waals surface area contributed by atoms with Crippen LogP contribution in [0.2, 0.25) is 0 Å². The monoisotopic (exact) mass is 435 g/mol. The molecule has 32 heavy (non-hydrogen) atoms. The number of aryl methyl sites for hydroxylation is 2. The molecule has 0 aliphatic heterocycles. The molecule has 2 aromatic carbocycles. The summed E-state index contributed by atoms with van der Waals surface area (Å²) in [6.45, 7) is 8.36. The number of nitrogens with zero attached hydrogens (tertiary/aromatic N) is 2. The molecule has 168 valence electrons. The van der Waals surface area contributed by atoms with Gasteiger partial charge in [0.15, 0.2) is 13.2 Å². The van der Waals surface area contributed by atoms with Gasteiger partial charge in [0.05, 0.1) is 5.41 Å². The summed E-state index contributed by atoms with van der Waals surface area (Å²) < 4.78 is 16.8. The molecule has 1 heterocycles. The van der Waals surface area contributed by atoms with E-state index in [0.29, 0.717) is 30.3 Å². The molecule has 0 saturated heterocycles. The lowest BCUT2D eigenvalue weighted by Crippen LogP contribution is -2.61. The lowest BCUT2D eigenvalue weighted by Gasteiger charge is -2.51. The number of carbonyl (C=O) groups is 1. The highest BCUT2D eigenvalue weighted by molar-refractivity contribution is 5.78. The maximum atomic E-state index is 12.4. The van der Waals surface area contributed by atoms with Crippen LogP contribution in [0.5, 0.6) is 11.5 Å². The van der Waals surface area contributed by atoms with Crippen LogP contribution in [0.4, 0.5) is 0 Å². The van der Waals surface area contributed by atoms with Crippen LogP contribution < -0.4 is 14.8 Å². The van der Waals surface area contributed by atoms with Crippen LogP contribution in [0.3, 0.4) is 0 Å². The van der Waals surface area contributed by atoms with Crippen LogP contribution in [-0.2, 0) is 16.8 Å². The first-order valence-electron chi connectivity index (χ1n) is 10.8. The summed E-state index contributed by atoms with van der Waals surface area (Å²) in [5.74, 6) is 2.38. The molecule has 1 saturated carbocycles. The van der Waals surface area contributed by atoms with Gasteiger partial charge < -0.3 is 19.3 Å². The van der Waals surface area contributed by atoms with Gasteiger partial charge in [-0.3, -0.25) is 4.79 Å². The molecule has 7 nitrogen and oxygen atoms in total. The number of ether oxygens (including phenoxy) is 2. The molecular weight excluding hydrogens is 406 g/mol. The Balaban J connectivity index is 1.26. The molecule has 1 aromatic heterocycles. The highest BCUT2D eigenvalue weighted by Crippen LogP contribution is 2.49. The zero-order valence-electron chi connectivity index (χ0n) is 19.0. The fourth-order valence-electron chi connectivity index (χ4n) is 4.41. The molecular formula is C25H29N3O4. The Kier molecular flexibility index (Phi) is 5.91. The average Bonchev–Trinajstić information content (AvgIpc) is 3.21. The first-order valence-corrected chi connectivity index (χ1v) is 10.8. The summed E-state index contributed by atoms with van der Waals surface area (Å²) in [5, 5.41) is 7.14. The van der Waals surface area contributed by atoms with Crippen molar-refractivity contribution < 1.29 is 18.8 Å². The standard InChI is InChI=1S/C25H29N3O4/c1-17-5-9-19(10-6-17)30-13-21-26-23(32-28-21)24(3)15-25(4,16-24)27-22(29)14-31-20-11-7-18(2)8-12-20/h5-12H,13-16H2,1-4H3,(H,27,29). The number of nitrogens with one attached hydrogen (secondary N) is 1. The van der Waals surface area contributed by atoms with Crippen LogP contribution in [0.15, 0.2) is 53.1 Å². The van der Waals surface area contributed by atoms with Crippen LogP contribution in [-0.4, -0.2) is 28.2 Å². The Morgan fingerprint density at radius 1 is 0.969 bits per heavy atom. The molecule has 0 bridgehead atoms. The fourth-order valence-corrected chi connectivity index (χ4v) is 4.41. The normalized spacial score (nSPS) is 22.1. The largest absolute Gasteiger partial charge is 0.485 e. The van der Waals surface area contributed by atoms with Crippen LogP contribution >= 0.6 is 0 Å². The molecule has 0 unspecified atom stereocenters. The third kappa shape index (κ3) is 5.10. The van der Waals surface area contributed by atoms with E-state index in [-0.39, 0.29) is 30.1 Å². The number of benzene rings is 2. The number of amides is 1. The van der Waals surface area contributed by atoms with E-state index in [2.05, 4.69) is 22.4 Å². The highest BCUT2D eigenvalue weighted by Gasteiger charge is 2.53. The van der Waals surface area contributed by atoms with E-state index in [1.165, 1.54) is 5.56 Å². The summed E-state index contributed by atoms with van der Waals surface area (Å²) in [6.07, 6.45) is 1.41. The first kappa shape index (κ1) is 21.9. The van der Waals surface area contributed by atoms with E-state index >= 15 is 0 Å². The molecule has 1 N–H and O–H groups in total. The van der Waals surface area contributed by atoms with E-state index < -0.39 is 0 Å². The van der Waals surface area contributed by atoms with Crippen molar-refractivity contribution in [3.05, 3.63) is 71.4 Å². The van der Waals surface area contributed by atoms with Gasteiger partial charge in [0.1, 0.15) is 11.5 Å². The minimum atomic E-state index is -0.338. The lowest BCUT2D eigenvalue weighted by molar-refractivity contribution is -0.127. The molecule has 7 heteroatoms. The first-order chi connectivity index (χ1) is 15.2. The zero-order chi connectivity index (χ0) is 22.8. The van der Waals surface area contributed by atoms with E-state index in [1.807, 2.05) is 69.3 Å². The third-order valence-corrected chi connectivity index (χ3v) is 5.77. The Bertz CT molecular complexity index is 1070. The van der Waals surface area contributed by atoms with Gasteiger partial charge in [0.2, 0.25) is 11.7 Å². The van der Waals surface area contributed by atoms with Crippen molar-refractivity contribution in [3.8, 4) is 11.5 Å². The van der Waals surface area contributed by atoms with Crippen LogP contribution in [0.25, 0.3) is 0 Å². The number of hydrogen-bond donors (Lipinski definition) is 1. The van der Waals surface area contributed by atoms with Gasteiger partial charge in [-0.2, -0.15) is 4.98 Å². The van der Waals surface area contributed by atoms with E-state index in [1.54, 1.807) is 0 Å². The smallest absolute Gasteiger partial charge is 0.258 e. The second-order valence-corrected chi connectivity index (χ2v) is 9.24. The molecule has 1 aliphatic rings. The molecule has 1 fully saturated rings. The van der Waals surface area contributed by atoms with Crippen molar-refractivity contribution >= 4 is 5.91 Å². The molecule has 0 spiro atoms. The third-order valence-electron chi connectivity index (χ3n) is 5.77. The topological polar surface area (TPSA) is 86.5 Å². The molecule has 4 rings (SSSR count). The van der Waals surface area contributed by atoms with Crippen molar-refractivity contribution in [2.45, 2.75) is 58.1 Å². The summed E-state index contributed by atoms with van der Waals surface area (Å²) in [7, 11) is 0. The fraction of sp³-hybridized carbons (Fsp3) is 0.400. The van der Waals surface area contributed by atoms with Crippen molar-refractivity contribution in [3.63, 3.8) is 0 Å². The summed E-state index contributed by atoms with van der Waals surface area (Å²) in [5.41, 5.74) is 1.70.